The summed E-state index contributed by atoms with van der Waals surface area (Å²) in [4.78, 5) is 0. The van der Waals surface area contributed by atoms with Crippen molar-refractivity contribution >= 4 is 0 Å². The topological polar surface area (TPSA) is 38.0 Å². The van der Waals surface area contributed by atoms with Gasteiger partial charge in [-0.15, -0.1) is 0 Å². The average Bonchev–Trinajstić information content (AvgIpc) is 2.84. The van der Waals surface area contributed by atoms with Crippen molar-refractivity contribution in [1.82, 2.24) is 9.78 Å². The molecule has 3 heteroatoms. The van der Waals surface area contributed by atoms with Crippen LogP contribution in [-0.2, 0) is 13.0 Å². The Labute approximate surface area is 97.5 Å². The highest BCUT2D eigenvalue weighted by Crippen LogP contribution is 2.54. The molecule has 3 nitrogen and oxygen atoms in total. The SMILES string of the molecule is CCn1nc(C)cc1CC(C)(O)C1(C)CC1. The highest BCUT2D eigenvalue weighted by molar-refractivity contribution is 5.15. The van der Waals surface area contributed by atoms with E-state index in [1.807, 2.05) is 18.5 Å². The van der Waals surface area contributed by atoms with Gasteiger partial charge in [0.15, 0.2) is 0 Å². The maximum atomic E-state index is 10.6. The van der Waals surface area contributed by atoms with E-state index in [2.05, 4.69) is 25.0 Å². The Morgan fingerprint density at radius 1 is 1.56 bits per heavy atom. The van der Waals surface area contributed by atoms with Gasteiger partial charge in [0.05, 0.1) is 11.3 Å². The van der Waals surface area contributed by atoms with Crippen molar-refractivity contribution in [1.29, 1.82) is 0 Å². The fraction of sp³-hybridized carbons (Fsp3) is 0.769. The quantitative estimate of drug-likeness (QED) is 0.849. The molecule has 1 aromatic heterocycles. The van der Waals surface area contributed by atoms with E-state index in [4.69, 9.17) is 0 Å². The van der Waals surface area contributed by atoms with Gasteiger partial charge in [-0.1, -0.05) is 6.92 Å². The van der Waals surface area contributed by atoms with Crippen molar-refractivity contribution in [3.8, 4) is 0 Å². The third kappa shape index (κ3) is 1.88. The maximum Gasteiger partial charge on any atom is 0.0728 e. The van der Waals surface area contributed by atoms with E-state index in [0.717, 1.165) is 30.8 Å². The molecule has 0 bridgehead atoms. The zero-order valence-corrected chi connectivity index (χ0v) is 10.7. The van der Waals surface area contributed by atoms with E-state index in [0.29, 0.717) is 6.42 Å². The Balaban J connectivity index is 2.19. The van der Waals surface area contributed by atoms with E-state index in [-0.39, 0.29) is 5.41 Å². The zero-order valence-electron chi connectivity index (χ0n) is 10.7. The number of aliphatic hydroxyl groups is 1. The maximum absolute atomic E-state index is 10.6. The van der Waals surface area contributed by atoms with Gasteiger partial charge in [-0.05, 0) is 45.1 Å². The molecule has 1 N–H and O–H groups in total. The zero-order chi connectivity index (χ0) is 12.0. The fourth-order valence-electron chi connectivity index (χ4n) is 2.31. The van der Waals surface area contributed by atoms with Crippen LogP contribution in [0.15, 0.2) is 6.07 Å². The molecule has 1 atom stereocenters. The number of rotatable bonds is 4. The van der Waals surface area contributed by atoms with Gasteiger partial charge < -0.3 is 5.11 Å². The molecule has 1 aliphatic rings. The summed E-state index contributed by atoms with van der Waals surface area (Å²) in [6.45, 7) is 9.09. The first-order chi connectivity index (χ1) is 7.38. The Morgan fingerprint density at radius 3 is 2.69 bits per heavy atom. The molecule has 90 valence electrons. The van der Waals surface area contributed by atoms with Gasteiger partial charge in [-0.2, -0.15) is 5.10 Å². The van der Waals surface area contributed by atoms with Crippen LogP contribution >= 0.6 is 0 Å². The lowest BCUT2D eigenvalue weighted by atomic mass is 9.83. The molecule has 1 heterocycles. The number of hydrogen-bond acceptors (Lipinski definition) is 2. The molecule has 2 rings (SSSR count). The lowest BCUT2D eigenvalue weighted by Gasteiger charge is -2.30. The van der Waals surface area contributed by atoms with Gasteiger partial charge >= 0.3 is 0 Å². The number of hydrogen-bond donors (Lipinski definition) is 1. The van der Waals surface area contributed by atoms with Crippen LogP contribution in [0.2, 0.25) is 0 Å². The van der Waals surface area contributed by atoms with Crippen molar-refractivity contribution in [3.63, 3.8) is 0 Å². The lowest BCUT2D eigenvalue weighted by Crippen LogP contribution is -2.37. The Bertz CT molecular complexity index is 389. The molecule has 0 spiro atoms. The Kier molecular flexibility index (Phi) is 2.61. The van der Waals surface area contributed by atoms with Gasteiger partial charge in [0.2, 0.25) is 0 Å². The van der Waals surface area contributed by atoms with Crippen LogP contribution in [0.25, 0.3) is 0 Å². The molecule has 0 aromatic carbocycles. The summed E-state index contributed by atoms with van der Waals surface area (Å²) in [5.41, 5.74) is 1.70. The molecule has 0 radical (unpaired) electrons. The minimum absolute atomic E-state index is 0.115. The second-order valence-corrected chi connectivity index (χ2v) is 5.60. The highest BCUT2D eigenvalue weighted by Gasteiger charge is 2.52. The van der Waals surface area contributed by atoms with E-state index in [9.17, 15) is 5.11 Å². The minimum Gasteiger partial charge on any atom is -0.389 e. The van der Waals surface area contributed by atoms with Crippen molar-refractivity contribution in [2.45, 2.75) is 59.1 Å². The second kappa shape index (κ2) is 3.59. The molecule has 1 aromatic rings. The molecule has 0 amide bonds. The summed E-state index contributed by atoms with van der Waals surface area (Å²) in [6.07, 6.45) is 2.98. The smallest absolute Gasteiger partial charge is 0.0728 e. The summed E-state index contributed by atoms with van der Waals surface area (Å²) >= 11 is 0. The molecule has 16 heavy (non-hydrogen) atoms. The lowest BCUT2D eigenvalue weighted by molar-refractivity contribution is -0.00868. The molecule has 0 aliphatic heterocycles. The number of nitrogens with zero attached hydrogens (tertiary/aromatic N) is 2. The summed E-state index contributed by atoms with van der Waals surface area (Å²) in [5, 5.41) is 15.0. The van der Waals surface area contributed by atoms with E-state index >= 15 is 0 Å². The van der Waals surface area contributed by atoms with E-state index in [1.165, 1.54) is 0 Å². The predicted molar refractivity (Wildman–Crippen MR) is 64.3 cm³/mol. The van der Waals surface area contributed by atoms with Crippen LogP contribution < -0.4 is 0 Å². The average molecular weight is 222 g/mol. The van der Waals surface area contributed by atoms with Crippen LogP contribution in [-0.4, -0.2) is 20.5 Å². The molecule has 1 unspecified atom stereocenters. The first kappa shape index (κ1) is 11.6. The third-order valence-corrected chi connectivity index (χ3v) is 4.11. The molecule has 1 saturated carbocycles. The van der Waals surface area contributed by atoms with Crippen molar-refractivity contribution < 1.29 is 5.11 Å². The Hall–Kier alpha value is -0.830. The largest absolute Gasteiger partial charge is 0.389 e. The molecule has 1 aliphatic carbocycles. The summed E-state index contributed by atoms with van der Waals surface area (Å²) < 4.78 is 2.00. The molecule has 1 fully saturated rings. The van der Waals surface area contributed by atoms with Crippen LogP contribution in [0.4, 0.5) is 0 Å². The first-order valence-corrected chi connectivity index (χ1v) is 6.14. The van der Waals surface area contributed by atoms with Crippen molar-refractivity contribution in [2.75, 3.05) is 0 Å². The second-order valence-electron chi connectivity index (χ2n) is 5.60. The number of aryl methyl sites for hydroxylation is 2. The fourth-order valence-corrected chi connectivity index (χ4v) is 2.31. The van der Waals surface area contributed by atoms with Gasteiger partial charge in [-0.25, -0.2) is 0 Å². The van der Waals surface area contributed by atoms with E-state index < -0.39 is 5.60 Å². The van der Waals surface area contributed by atoms with Gasteiger partial charge in [0, 0.05) is 18.7 Å². The van der Waals surface area contributed by atoms with Crippen molar-refractivity contribution in [2.24, 2.45) is 5.41 Å². The summed E-state index contributed by atoms with van der Waals surface area (Å²) in [7, 11) is 0. The van der Waals surface area contributed by atoms with Crippen LogP contribution in [0.1, 0.15) is 45.0 Å². The van der Waals surface area contributed by atoms with Crippen molar-refractivity contribution in [3.05, 3.63) is 17.5 Å². The first-order valence-electron chi connectivity index (χ1n) is 6.14. The van der Waals surface area contributed by atoms with Gasteiger partial charge in [-0.3, -0.25) is 4.68 Å². The molecular weight excluding hydrogens is 200 g/mol. The third-order valence-electron chi connectivity index (χ3n) is 4.11. The predicted octanol–water partition coefficient (Wildman–Crippen LogP) is 2.31. The number of aromatic nitrogens is 2. The van der Waals surface area contributed by atoms with Gasteiger partial charge in [0.1, 0.15) is 0 Å². The van der Waals surface area contributed by atoms with Crippen LogP contribution in [0, 0.1) is 12.3 Å². The van der Waals surface area contributed by atoms with E-state index in [1.54, 1.807) is 0 Å². The van der Waals surface area contributed by atoms with Crippen LogP contribution in [0.3, 0.4) is 0 Å². The van der Waals surface area contributed by atoms with Crippen LogP contribution in [0.5, 0.6) is 0 Å². The standard InChI is InChI=1S/C13H22N2O/c1-5-15-11(8-10(2)14-15)9-13(4,16)12(3)6-7-12/h8,16H,5-7,9H2,1-4H3. The molecule has 0 saturated heterocycles. The normalized spacial score (nSPS) is 21.8. The Morgan fingerprint density at radius 2 is 2.19 bits per heavy atom. The minimum atomic E-state index is -0.605. The summed E-state index contributed by atoms with van der Waals surface area (Å²) in [6, 6.07) is 2.09. The molecular formula is C13H22N2O. The monoisotopic (exact) mass is 222 g/mol. The summed E-state index contributed by atoms with van der Waals surface area (Å²) in [5.74, 6) is 0. The highest BCUT2D eigenvalue weighted by atomic mass is 16.3. The van der Waals surface area contributed by atoms with Gasteiger partial charge in [0.25, 0.3) is 0 Å².